The van der Waals surface area contributed by atoms with E-state index in [9.17, 15) is 14.4 Å². The van der Waals surface area contributed by atoms with E-state index in [1.165, 1.54) is 37.0 Å². The average Bonchev–Trinajstić information content (AvgIpc) is 3.35. The van der Waals surface area contributed by atoms with Crippen molar-refractivity contribution in [3.63, 3.8) is 0 Å². The Morgan fingerprint density at radius 3 is 2.76 bits per heavy atom. The number of anilines is 1. The van der Waals surface area contributed by atoms with Crippen LogP contribution in [0.15, 0.2) is 41.0 Å². The topological polar surface area (TPSA) is 98.1 Å². The Labute approximate surface area is 172 Å². The Morgan fingerprint density at radius 2 is 2.10 bits per heavy atom. The molecule has 0 saturated carbocycles. The molecule has 2 aromatic rings. The number of methoxy groups -OCH3 is 1. The SMILES string of the molecule is COc1ccc(C)cc1NC(=O)COC(=O)[C@@H]1CS[C@H](c2ccco2)N1C(C)=O. The van der Waals surface area contributed by atoms with Gasteiger partial charge in [0, 0.05) is 12.7 Å². The van der Waals surface area contributed by atoms with Crippen LogP contribution in [0, 0.1) is 6.92 Å². The van der Waals surface area contributed by atoms with E-state index in [4.69, 9.17) is 13.9 Å². The van der Waals surface area contributed by atoms with Crippen molar-refractivity contribution in [3.8, 4) is 5.75 Å². The molecule has 1 aromatic heterocycles. The van der Waals surface area contributed by atoms with Crippen molar-refractivity contribution in [2.24, 2.45) is 0 Å². The molecule has 1 saturated heterocycles. The molecule has 2 atom stereocenters. The largest absolute Gasteiger partial charge is 0.495 e. The lowest BCUT2D eigenvalue weighted by Gasteiger charge is -2.25. The zero-order valence-corrected chi connectivity index (χ0v) is 17.2. The highest BCUT2D eigenvalue weighted by molar-refractivity contribution is 7.99. The number of amides is 2. The van der Waals surface area contributed by atoms with Crippen LogP contribution in [0.1, 0.15) is 23.6 Å². The van der Waals surface area contributed by atoms with Crippen LogP contribution < -0.4 is 10.1 Å². The Kier molecular flexibility index (Phi) is 6.48. The van der Waals surface area contributed by atoms with Crippen LogP contribution in [0.2, 0.25) is 0 Å². The zero-order valence-electron chi connectivity index (χ0n) is 16.3. The third-order valence-electron chi connectivity index (χ3n) is 4.40. The summed E-state index contributed by atoms with van der Waals surface area (Å²) in [5, 5.41) is 2.27. The number of benzene rings is 1. The highest BCUT2D eigenvalue weighted by Gasteiger charge is 2.43. The Morgan fingerprint density at radius 1 is 1.31 bits per heavy atom. The zero-order chi connectivity index (χ0) is 21.0. The minimum atomic E-state index is -0.783. The molecule has 0 aliphatic carbocycles. The number of aryl methyl sites for hydroxylation is 1. The minimum Gasteiger partial charge on any atom is -0.495 e. The number of carbonyl (C=O) groups is 3. The molecule has 29 heavy (non-hydrogen) atoms. The third kappa shape index (κ3) is 4.73. The standard InChI is InChI=1S/C20H22N2O6S/c1-12-6-7-16(26-3)14(9-12)21-18(24)10-28-20(25)15-11-29-19(22(15)13(2)23)17-5-4-8-27-17/h4-9,15,19H,10-11H2,1-3H3,(H,21,24)/t15-,19+/m0/s1. The van der Waals surface area contributed by atoms with E-state index in [2.05, 4.69) is 5.32 Å². The first-order valence-electron chi connectivity index (χ1n) is 8.95. The van der Waals surface area contributed by atoms with E-state index >= 15 is 0 Å². The van der Waals surface area contributed by atoms with Crippen LogP contribution in [-0.4, -0.2) is 48.2 Å². The van der Waals surface area contributed by atoms with E-state index in [0.717, 1.165) is 5.56 Å². The van der Waals surface area contributed by atoms with Crippen LogP contribution in [0.3, 0.4) is 0 Å². The van der Waals surface area contributed by atoms with Crippen LogP contribution in [0.5, 0.6) is 5.75 Å². The highest BCUT2D eigenvalue weighted by Crippen LogP contribution is 2.41. The summed E-state index contributed by atoms with van der Waals surface area (Å²) in [6.45, 7) is 2.81. The van der Waals surface area contributed by atoms with Gasteiger partial charge >= 0.3 is 5.97 Å². The molecule has 8 nitrogen and oxygen atoms in total. The predicted molar refractivity (Wildman–Crippen MR) is 108 cm³/mol. The molecule has 1 N–H and O–H groups in total. The maximum absolute atomic E-state index is 12.5. The number of carbonyl (C=O) groups excluding carboxylic acids is 3. The van der Waals surface area contributed by atoms with Crippen molar-refractivity contribution < 1.29 is 28.3 Å². The summed E-state index contributed by atoms with van der Waals surface area (Å²) in [6.07, 6.45) is 1.52. The van der Waals surface area contributed by atoms with Crippen molar-refractivity contribution in [1.82, 2.24) is 4.90 Å². The van der Waals surface area contributed by atoms with Gasteiger partial charge in [-0.2, -0.15) is 0 Å². The lowest BCUT2D eigenvalue weighted by molar-refractivity contribution is -0.155. The third-order valence-corrected chi connectivity index (χ3v) is 5.68. The van der Waals surface area contributed by atoms with Gasteiger partial charge in [-0.1, -0.05) is 6.07 Å². The van der Waals surface area contributed by atoms with Crippen LogP contribution in [0.25, 0.3) is 0 Å². The van der Waals surface area contributed by atoms with Gasteiger partial charge in [-0.05, 0) is 36.8 Å². The molecule has 1 fully saturated rings. The monoisotopic (exact) mass is 418 g/mol. The average molecular weight is 418 g/mol. The molecular weight excluding hydrogens is 396 g/mol. The smallest absolute Gasteiger partial charge is 0.330 e. The molecule has 2 heterocycles. The van der Waals surface area contributed by atoms with Crippen LogP contribution in [0.4, 0.5) is 5.69 Å². The van der Waals surface area contributed by atoms with Gasteiger partial charge in [-0.25, -0.2) is 4.79 Å². The van der Waals surface area contributed by atoms with E-state index in [0.29, 0.717) is 22.9 Å². The second kappa shape index (κ2) is 9.04. The normalized spacial score (nSPS) is 18.4. The number of nitrogens with zero attached hydrogens (tertiary/aromatic N) is 1. The fourth-order valence-electron chi connectivity index (χ4n) is 3.06. The molecule has 0 bridgehead atoms. The molecular formula is C20H22N2O6S. The van der Waals surface area contributed by atoms with Gasteiger partial charge in [0.25, 0.3) is 5.91 Å². The van der Waals surface area contributed by atoms with Crippen molar-refractivity contribution >= 4 is 35.2 Å². The summed E-state index contributed by atoms with van der Waals surface area (Å²) in [5.74, 6) is 0.0541. The van der Waals surface area contributed by atoms with E-state index in [-0.39, 0.29) is 5.91 Å². The molecule has 3 rings (SSSR count). The van der Waals surface area contributed by atoms with Crippen LogP contribution in [-0.2, 0) is 19.1 Å². The second-order valence-electron chi connectivity index (χ2n) is 6.50. The first-order chi connectivity index (χ1) is 13.9. The molecule has 1 aliphatic heterocycles. The quantitative estimate of drug-likeness (QED) is 0.720. The van der Waals surface area contributed by atoms with Crippen molar-refractivity contribution in [1.29, 1.82) is 0 Å². The summed E-state index contributed by atoms with van der Waals surface area (Å²) < 4.78 is 15.8. The maximum Gasteiger partial charge on any atom is 0.330 e. The summed E-state index contributed by atoms with van der Waals surface area (Å²) in [5.41, 5.74) is 1.44. The summed E-state index contributed by atoms with van der Waals surface area (Å²) in [4.78, 5) is 38.3. The van der Waals surface area contributed by atoms with E-state index < -0.39 is 29.9 Å². The van der Waals surface area contributed by atoms with Gasteiger partial charge < -0.3 is 24.1 Å². The van der Waals surface area contributed by atoms with E-state index in [1.54, 1.807) is 24.3 Å². The second-order valence-corrected chi connectivity index (χ2v) is 7.62. The number of furan rings is 1. The number of hydrogen-bond acceptors (Lipinski definition) is 7. The molecule has 1 aliphatic rings. The Bertz CT molecular complexity index is 898. The van der Waals surface area contributed by atoms with Gasteiger partial charge in [0.2, 0.25) is 5.91 Å². The molecule has 154 valence electrons. The number of ether oxygens (including phenoxy) is 2. The number of rotatable bonds is 6. The first kappa shape index (κ1) is 20.8. The van der Waals surface area contributed by atoms with Crippen molar-refractivity contribution in [3.05, 3.63) is 47.9 Å². The highest BCUT2D eigenvalue weighted by atomic mass is 32.2. The fourth-order valence-corrected chi connectivity index (χ4v) is 4.48. The number of thioether (sulfide) groups is 1. The van der Waals surface area contributed by atoms with Crippen molar-refractivity contribution in [2.75, 3.05) is 24.8 Å². The van der Waals surface area contributed by atoms with Gasteiger partial charge in [0.1, 0.15) is 22.9 Å². The van der Waals surface area contributed by atoms with Gasteiger partial charge in [0.05, 0.1) is 19.1 Å². The summed E-state index contributed by atoms with van der Waals surface area (Å²) in [7, 11) is 1.50. The molecule has 0 radical (unpaired) electrons. The predicted octanol–water partition coefficient (Wildman–Crippen LogP) is 2.74. The molecule has 0 spiro atoms. The minimum absolute atomic E-state index is 0.271. The molecule has 2 amide bonds. The summed E-state index contributed by atoms with van der Waals surface area (Å²) >= 11 is 1.41. The molecule has 9 heteroatoms. The van der Waals surface area contributed by atoms with Crippen LogP contribution >= 0.6 is 11.8 Å². The van der Waals surface area contributed by atoms with Crippen molar-refractivity contribution in [2.45, 2.75) is 25.3 Å². The van der Waals surface area contributed by atoms with Gasteiger partial charge in [-0.3, -0.25) is 9.59 Å². The van der Waals surface area contributed by atoms with Gasteiger partial charge in [0.15, 0.2) is 6.61 Å². The number of esters is 1. The maximum atomic E-state index is 12.5. The Hall–Kier alpha value is -2.94. The molecule has 1 aromatic carbocycles. The molecule has 0 unspecified atom stereocenters. The number of hydrogen-bond donors (Lipinski definition) is 1. The fraction of sp³-hybridized carbons (Fsp3) is 0.350. The van der Waals surface area contributed by atoms with E-state index in [1.807, 2.05) is 13.0 Å². The summed E-state index contributed by atoms with van der Waals surface area (Å²) in [6, 6.07) is 8.06. The number of nitrogens with one attached hydrogen (secondary N) is 1. The lowest BCUT2D eigenvalue weighted by atomic mass is 10.2. The Balaban J connectivity index is 1.61. The van der Waals surface area contributed by atoms with Gasteiger partial charge in [-0.15, -0.1) is 11.8 Å². The lowest BCUT2D eigenvalue weighted by Crippen LogP contribution is -2.43. The first-order valence-corrected chi connectivity index (χ1v) is 10.0.